The third kappa shape index (κ3) is 4.72. The lowest BCUT2D eigenvalue weighted by Crippen LogP contribution is -2.24. The predicted molar refractivity (Wildman–Crippen MR) is 61.5 cm³/mol. The Morgan fingerprint density at radius 1 is 1.47 bits per heavy atom. The lowest BCUT2D eigenvalue weighted by molar-refractivity contribution is -0.137. The van der Waals surface area contributed by atoms with Crippen LogP contribution in [0, 0.1) is 0 Å². The molecule has 94 valence electrons. The second-order valence-corrected chi connectivity index (χ2v) is 5.23. The van der Waals surface area contributed by atoms with Crippen LogP contribution in [0.5, 0.6) is 0 Å². The molecular formula is C7H7Cl2N3O4S. The second kappa shape index (κ2) is 5.48. The highest BCUT2D eigenvalue weighted by atomic mass is 35.5. The van der Waals surface area contributed by atoms with Crippen molar-refractivity contribution in [1.82, 2.24) is 9.97 Å². The number of hydrogen-bond acceptors (Lipinski definition) is 6. The summed E-state index contributed by atoms with van der Waals surface area (Å²) in [5.74, 6) is -1.86. The zero-order valence-electron chi connectivity index (χ0n) is 8.48. The van der Waals surface area contributed by atoms with E-state index in [4.69, 9.17) is 23.2 Å². The number of nitrogens with one attached hydrogen (secondary N) is 1. The van der Waals surface area contributed by atoms with Gasteiger partial charge in [0, 0.05) is 6.07 Å². The van der Waals surface area contributed by atoms with Crippen LogP contribution in [0.15, 0.2) is 6.07 Å². The van der Waals surface area contributed by atoms with Crippen LogP contribution in [0.1, 0.15) is 0 Å². The highest BCUT2D eigenvalue weighted by Gasteiger charge is 2.18. The first kappa shape index (κ1) is 13.9. The number of esters is 1. The Morgan fingerprint density at radius 3 is 2.65 bits per heavy atom. The number of carbonyl (C=O) groups excluding carboxylic acids is 1. The second-order valence-electron chi connectivity index (χ2n) is 2.78. The third-order valence-corrected chi connectivity index (χ3v) is 2.96. The Kier molecular flexibility index (Phi) is 4.49. The van der Waals surface area contributed by atoms with E-state index < -0.39 is 21.7 Å². The summed E-state index contributed by atoms with van der Waals surface area (Å²) in [5, 5.41) is -0.242. The molecule has 1 rings (SSSR count). The molecule has 0 saturated heterocycles. The highest BCUT2D eigenvalue weighted by molar-refractivity contribution is 7.93. The maximum Gasteiger partial charge on any atom is 0.322 e. The number of carbonyl (C=O) groups is 1. The molecule has 7 nitrogen and oxygen atoms in total. The topological polar surface area (TPSA) is 98.2 Å². The van der Waals surface area contributed by atoms with Crippen molar-refractivity contribution in [2.45, 2.75) is 0 Å². The number of halogens is 2. The summed E-state index contributed by atoms with van der Waals surface area (Å²) in [4.78, 5) is 17.9. The van der Waals surface area contributed by atoms with Gasteiger partial charge in [-0.2, -0.15) is 4.98 Å². The number of sulfonamides is 1. The number of methoxy groups -OCH3 is 1. The summed E-state index contributed by atoms with van der Waals surface area (Å²) < 4.78 is 29.1. The van der Waals surface area contributed by atoms with E-state index in [-0.39, 0.29) is 16.3 Å². The quantitative estimate of drug-likeness (QED) is 0.499. The Balaban J connectivity index is 2.86. The van der Waals surface area contributed by atoms with Gasteiger partial charge in [0.05, 0.1) is 7.11 Å². The molecule has 0 bridgehead atoms. The molecule has 0 fully saturated rings. The minimum atomic E-state index is -3.91. The van der Waals surface area contributed by atoms with Gasteiger partial charge in [-0.1, -0.05) is 11.6 Å². The first-order valence-electron chi connectivity index (χ1n) is 4.10. The van der Waals surface area contributed by atoms with Gasteiger partial charge >= 0.3 is 5.97 Å². The minimum Gasteiger partial charge on any atom is -0.468 e. The van der Waals surface area contributed by atoms with Gasteiger partial charge in [0.1, 0.15) is 11.0 Å². The van der Waals surface area contributed by atoms with Crippen LogP contribution < -0.4 is 4.72 Å². The molecule has 0 unspecified atom stereocenters. The van der Waals surface area contributed by atoms with Crippen LogP contribution in [0.2, 0.25) is 10.4 Å². The van der Waals surface area contributed by atoms with Crippen molar-refractivity contribution in [3.05, 3.63) is 16.5 Å². The Labute approximate surface area is 107 Å². The van der Waals surface area contributed by atoms with Crippen LogP contribution in [0.3, 0.4) is 0 Å². The SMILES string of the molecule is COC(=O)CS(=O)(=O)Nc1cc(Cl)nc(Cl)n1. The van der Waals surface area contributed by atoms with Crippen molar-refractivity contribution in [3.8, 4) is 0 Å². The monoisotopic (exact) mass is 299 g/mol. The summed E-state index contributed by atoms with van der Waals surface area (Å²) in [7, 11) is -2.83. The molecule has 17 heavy (non-hydrogen) atoms. The number of rotatable bonds is 4. The summed E-state index contributed by atoms with van der Waals surface area (Å²) >= 11 is 11.0. The fourth-order valence-electron chi connectivity index (χ4n) is 0.852. The zero-order valence-corrected chi connectivity index (χ0v) is 10.8. The van der Waals surface area contributed by atoms with Crippen molar-refractivity contribution in [3.63, 3.8) is 0 Å². The molecule has 0 aliphatic heterocycles. The molecule has 1 aromatic heterocycles. The van der Waals surface area contributed by atoms with Crippen LogP contribution in [-0.4, -0.2) is 37.2 Å². The van der Waals surface area contributed by atoms with Crippen LogP contribution >= 0.6 is 23.2 Å². The van der Waals surface area contributed by atoms with Gasteiger partial charge in [0.15, 0.2) is 5.75 Å². The highest BCUT2D eigenvalue weighted by Crippen LogP contribution is 2.15. The molecule has 1 N–H and O–H groups in total. The van der Waals surface area contributed by atoms with Crippen molar-refractivity contribution in [2.24, 2.45) is 0 Å². The van der Waals surface area contributed by atoms with Gasteiger partial charge in [0.25, 0.3) is 0 Å². The molecule has 0 aliphatic carbocycles. The van der Waals surface area contributed by atoms with Crippen molar-refractivity contribution in [2.75, 3.05) is 17.6 Å². The molecule has 10 heteroatoms. The molecule has 0 spiro atoms. The van der Waals surface area contributed by atoms with E-state index in [0.29, 0.717) is 0 Å². The predicted octanol–water partition coefficient (Wildman–Crippen LogP) is 0.698. The molecule has 0 aliphatic rings. The number of aromatic nitrogens is 2. The van der Waals surface area contributed by atoms with E-state index in [1.54, 1.807) is 0 Å². The summed E-state index contributed by atoms with van der Waals surface area (Å²) in [5.41, 5.74) is 0. The molecule has 1 aromatic rings. The lowest BCUT2D eigenvalue weighted by atomic mass is 10.6. The van der Waals surface area contributed by atoms with E-state index in [0.717, 1.165) is 13.2 Å². The van der Waals surface area contributed by atoms with Crippen LogP contribution in [0.4, 0.5) is 5.82 Å². The fourth-order valence-corrected chi connectivity index (χ4v) is 2.18. The minimum absolute atomic E-state index is 0.0271. The van der Waals surface area contributed by atoms with Gasteiger partial charge in [-0.25, -0.2) is 13.4 Å². The Hall–Kier alpha value is -1.12. The third-order valence-electron chi connectivity index (χ3n) is 1.46. The Bertz CT molecular complexity index is 514. The summed E-state index contributed by atoms with van der Waals surface area (Å²) in [6.07, 6.45) is 0. The average molecular weight is 300 g/mol. The van der Waals surface area contributed by atoms with Crippen molar-refractivity contribution >= 4 is 45.0 Å². The van der Waals surface area contributed by atoms with Gasteiger partial charge in [-0.3, -0.25) is 9.52 Å². The lowest BCUT2D eigenvalue weighted by Gasteiger charge is -2.06. The van der Waals surface area contributed by atoms with Crippen LogP contribution in [0.25, 0.3) is 0 Å². The van der Waals surface area contributed by atoms with Gasteiger partial charge in [-0.05, 0) is 11.6 Å². The van der Waals surface area contributed by atoms with Gasteiger partial charge in [0.2, 0.25) is 15.3 Å². The van der Waals surface area contributed by atoms with E-state index in [1.165, 1.54) is 0 Å². The molecule has 0 amide bonds. The van der Waals surface area contributed by atoms with E-state index in [2.05, 4.69) is 14.7 Å². The molecule has 1 heterocycles. The zero-order chi connectivity index (χ0) is 13.1. The largest absolute Gasteiger partial charge is 0.468 e. The smallest absolute Gasteiger partial charge is 0.322 e. The Morgan fingerprint density at radius 2 is 2.12 bits per heavy atom. The molecule has 0 atom stereocenters. The molecule has 0 radical (unpaired) electrons. The average Bonchev–Trinajstić information content (AvgIpc) is 2.13. The number of anilines is 1. The summed E-state index contributed by atoms with van der Waals surface area (Å²) in [6, 6.07) is 1.16. The normalized spacial score (nSPS) is 11.0. The molecule has 0 aromatic carbocycles. The van der Waals surface area contributed by atoms with E-state index in [1.807, 2.05) is 4.72 Å². The van der Waals surface area contributed by atoms with E-state index >= 15 is 0 Å². The fraction of sp³-hybridized carbons (Fsp3) is 0.286. The maximum atomic E-state index is 11.4. The molecular weight excluding hydrogens is 293 g/mol. The first-order valence-corrected chi connectivity index (χ1v) is 6.50. The van der Waals surface area contributed by atoms with Crippen molar-refractivity contribution in [1.29, 1.82) is 0 Å². The van der Waals surface area contributed by atoms with Crippen molar-refractivity contribution < 1.29 is 17.9 Å². The molecule has 0 saturated carbocycles. The first-order chi connectivity index (χ1) is 7.82. The standard InChI is InChI=1S/C7H7Cl2N3O4S/c1-16-6(13)3-17(14,15)12-5-2-4(8)10-7(9)11-5/h2H,3H2,1H3,(H,10,11,12). The van der Waals surface area contributed by atoms with Gasteiger partial charge < -0.3 is 4.74 Å². The van der Waals surface area contributed by atoms with E-state index in [9.17, 15) is 13.2 Å². The van der Waals surface area contributed by atoms with Crippen LogP contribution in [-0.2, 0) is 19.6 Å². The maximum absolute atomic E-state index is 11.4. The van der Waals surface area contributed by atoms with Gasteiger partial charge in [-0.15, -0.1) is 0 Å². The number of ether oxygens (including phenoxy) is 1. The number of nitrogens with zero attached hydrogens (tertiary/aromatic N) is 2. The summed E-state index contributed by atoms with van der Waals surface area (Å²) in [6.45, 7) is 0. The number of hydrogen-bond donors (Lipinski definition) is 1.